The second kappa shape index (κ2) is 8.44. The maximum atomic E-state index is 12.4. The van der Waals surface area contributed by atoms with Crippen molar-refractivity contribution in [1.29, 1.82) is 0 Å². The minimum atomic E-state index is -3.27. The Morgan fingerprint density at radius 1 is 1.20 bits per heavy atom. The van der Waals surface area contributed by atoms with Crippen molar-refractivity contribution >= 4 is 21.9 Å². The van der Waals surface area contributed by atoms with Gasteiger partial charge in [0.05, 0.1) is 17.7 Å². The standard InChI is InChI=1S/C17H26N2O5S/c1-5-25(23,24)18-11-13-6-8-14(9-7-13)16(22)19-17(4,12(2)3)10-15(20)21/h6-9,12,18H,5,10-11H2,1-4H3,(H,19,22)(H,20,21). The third-order valence-corrected chi connectivity index (χ3v) is 5.63. The molecule has 0 aromatic heterocycles. The number of nitrogens with one attached hydrogen (secondary N) is 2. The van der Waals surface area contributed by atoms with Crippen LogP contribution in [0, 0.1) is 5.92 Å². The minimum absolute atomic E-state index is 0.00481. The fraction of sp³-hybridized carbons (Fsp3) is 0.529. The van der Waals surface area contributed by atoms with E-state index in [1.165, 1.54) is 0 Å². The maximum Gasteiger partial charge on any atom is 0.305 e. The summed E-state index contributed by atoms with van der Waals surface area (Å²) in [6.45, 7) is 7.12. The average molecular weight is 370 g/mol. The monoisotopic (exact) mass is 370 g/mol. The lowest BCUT2D eigenvalue weighted by molar-refractivity contribution is -0.138. The molecule has 1 aromatic carbocycles. The van der Waals surface area contributed by atoms with E-state index < -0.39 is 21.5 Å². The SMILES string of the molecule is CCS(=O)(=O)NCc1ccc(C(=O)NC(C)(CC(=O)O)C(C)C)cc1. The van der Waals surface area contributed by atoms with Crippen molar-refractivity contribution in [3.05, 3.63) is 35.4 Å². The van der Waals surface area contributed by atoms with Crippen LogP contribution in [0.2, 0.25) is 0 Å². The fourth-order valence-electron chi connectivity index (χ4n) is 2.11. The van der Waals surface area contributed by atoms with E-state index >= 15 is 0 Å². The van der Waals surface area contributed by atoms with E-state index in [0.29, 0.717) is 5.56 Å². The van der Waals surface area contributed by atoms with Crippen LogP contribution in [0.4, 0.5) is 0 Å². The van der Waals surface area contributed by atoms with Crippen LogP contribution < -0.4 is 10.0 Å². The molecule has 140 valence electrons. The number of carboxylic acid groups (broad SMARTS) is 1. The van der Waals surface area contributed by atoms with Gasteiger partial charge in [-0.1, -0.05) is 26.0 Å². The number of benzene rings is 1. The van der Waals surface area contributed by atoms with E-state index in [2.05, 4.69) is 10.0 Å². The Kier molecular flexibility index (Phi) is 7.13. The number of carbonyl (C=O) groups excluding carboxylic acids is 1. The smallest absolute Gasteiger partial charge is 0.305 e. The summed E-state index contributed by atoms with van der Waals surface area (Å²) in [6.07, 6.45) is -0.173. The molecule has 0 aliphatic heterocycles. The molecule has 0 bridgehead atoms. The first kappa shape index (κ1) is 21.1. The fourth-order valence-corrected chi connectivity index (χ4v) is 2.70. The van der Waals surface area contributed by atoms with Gasteiger partial charge in [0, 0.05) is 12.1 Å². The van der Waals surface area contributed by atoms with Crippen LogP contribution in [-0.2, 0) is 21.4 Å². The van der Waals surface area contributed by atoms with Crippen LogP contribution in [0.3, 0.4) is 0 Å². The normalized spacial score (nSPS) is 14.1. The first-order valence-corrected chi connectivity index (χ1v) is 9.75. The van der Waals surface area contributed by atoms with Crippen molar-refractivity contribution in [2.24, 2.45) is 5.92 Å². The summed E-state index contributed by atoms with van der Waals surface area (Å²) >= 11 is 0. The van der Waals surface area contributed by atoms with E-state index in [1.54, 1.807) is 38.1 Å². The minimum Gasteiger partial charge on any atom is -0.481 e. The summed E-state index contributed by atoms with van der Waals surface area (Å²) in [5.41, 5.74) is 0.253. The first-order valence-electron chi connectivity index (χ1n) is 8.09. The molecule has 8 heteroatoms. The molecule has 1 unspecified atom stereocenters. The van der Waals surface area contributed by atoms with Gasteiger partial charge in [-0.2, -0.15) is 0 Å². The van der Waals surface area contributed by atoms with Crippen molar-refractivity contribution in [3.8, 4) is 0 Å². The Bertz CT molecular complexity index is 713. The molecule has 1 amide bonds. The molecule has 0 saturated heterocycles. The number of hydrogen-bond donors (Lipinski definition) is 3. The van der Waals surface area contributed by atoms with Crippen molar-refractivity contribution in [3.63, 3.8) is 0 Å². The van der Waals surface area contributed by atoms with Gasteiger partial charge < -0.3 is 10.4 Å². The summed E-state index contributed by atoms with van der Waals surface area (Å²) in [7, 11) is -3.27. The topological polar surface area (TPSA) is 113 Å². The number of aliphatic carboxylic acids is 1. The largest absolute Gasteiger partial charge is 0.481 e. The van der Waals surface area contributed by atoms with Gasteiger partial charge in [0.15, 0.2) is 0 Å². The van der Waals surface area contributed by atoms with Gasteiger partial charge >= 0.3 is 5.97 Å². The molecule has 0 heterocycles. The van der Waals surface area contributed by atoms with E-state index in [0.717, 1.165) is 5.56 Å². The molecule has 1 aromatic rings. The highest BCUT2D eigenvalue weighted by molar-refractivity contribution is 7.89. The Balaban J connectivity index is 2.81. The third kappa shape index (κ3) is 6.47. The highest BCUT2D eigenvalue weighted by Crippen LogP contribution is 2.21. The van der Waals surface area contributed by atoms with Crippen LogP contribution in [0.15, 0.2) is 24.3 Å². The number of rotatable bonds is 9. The Labute approximate surface area is 148 Å². The Hall–Kier alpha value is -1.93. The summed E-state index contributed by atoms with van der Waals surface area (Å²) < 4.78 is 25.3. The molecule has 0 aliphatic carbocycles. The second-order valence-corrected chi connectivity index (χ2v) is 8.61. The van der Waals surface area contributed by atoms with Crippen LogP contribution >= 0.6 is 0 Å². The van der Waals surface area contributed by atoms with Crippen molar-refractivity contribution in [1.82, 2.24) is 10.0 Å². The lowest BCUT2D eigenvalue weighted by Gasteiger charge is -2.33. The van der Waals surface area contributed by atoms with Crippen LogP contribution in [-0.4, -0.2) is 36.7 Å². The van der Waals surface area contributed by atoms with Crippen molar-refractivity contribution in [2.45, 2.75) is 46.2 Å². The van der Waals surface area contributed by atoms with Crippen LogP contribution in [0.1, 0.15) is 50.0 Å². The predicted molar refractivity (Wildman–Crippen MR) is 95.7 cm³/mol. The molecule has 0 radical (unpaired) electrons. The molecule has 1 atom stereocenters. The summed E-state index contributed by atoms with van der Waals surface area (Å²) in [5.74, 6) is -1.39. The zero-order chi connectivity index (χ0) is 19.3. The van der Waals surface area contributed by atoms with Crippen LogP contribution in [0.25, 0.3) is 0 Å². The summed E-state index contributed by atoms with van der Waals surface area (Å²) in [4.78, 5) is 23.5. The van der Waals surface area contributed by atoms with Gasteiger partial charge in [-0.15, -0.1) is 0 Å². The number of carboxylic acids is 1. The average Bonchev–Trinajstić information content (AvgIpc) is 2.52. The Morgan fingerprint density at radius 3 is 2.20 bits per heavy atom. The van der Waals surface area contributed by atoms with E-state index in [-0.39, 0.29) is 30.5 Å². The molecule has 25 heavy (non-hydrogen) atoms. The zero-order valence-corrected chi connectivity index (χ0v) is 15.8. The number of sulfonamides is 1. The van der Waals surface area contributed by atoms with Crippen LogP contribution in [0.5, 0.6) is 0 Å². The number of carbonyl (C=O) groups is 2. The van der Waals surface area contributed by atoms with Gasteiger partial charge in [0.1, 0.15) is 0 Å². The molecule has 1 rings (SSSR count). The third-order valence-electron chi connectivity index (χ3n) is 4.28. The number of amides is 1. The quantitative estimate of drug-likeness (QED) is 0.613. The second-order valence-electron chi connectivity index (χ2n) is 6.52. The zero-order valence-electron chi connectivity index (χ0n) is 15.0. The lowest BCUT2D eigenvalue weighted by Crippen LogP contribution is -2.51. The van der Waals surface area contributed by atoms with Crippen molar-refractivity contribution in [2.75, 3.05) is 5.75 Å². The van der Waals surface area contributed by atoms with Gasteiger partial charge in [-0.05, 0) is 37.5 Å². The maximum absolute atomic E-state index is 12.4. The molecule has 3 N–H and O–H groups in total. The predicted octanol–water partition coefficient (Wildman–Crippen LogP) is 1.75. The molecular weight excluding hydrogens is 344 g/mol. The Morgan fingerprint density at radius 2 is 1.76 bits per heavy atom. The molecule has 0 spiro atoms. The molecular formula is C17H26N2O5S. The van der Waals surface area contributed by atoms with Gasteiger partial charge in [-0.25, -0.2) is 13.1 Å². The van der Waals surface area contributed by atoms with E-state index in [4.69, 9.17) is 5.11 Å². The van der Waals surface area contributed by atoms with Crippen molar-refractivity contribution < 1.29 is 23.1 Å². The molecule has 0 aliphatic rings. The van der Waals surface area contributed by atoms with Gasteiger partial charge in [0.25, 0.3) is 5.91 Å². The lowest BCUT2D eigenvalue weighted by atomic mass is 9.85. The summed E-state index contributed by atoms with van der Waals surface area (Å²) in [5, 5.41) is 11.8. The summed E-state index contributed by atoms with van der Waals surface area (Å²) in [6, 6.07) is 6.51. The van der Waals surface area contributed by atoms with Gasteiger partial charge in [0.2, 0.25) is 10.0 Å². The highest BCUT2D eigenvalue weighted by atomic mass is 32.2. The van der Waals surface area contributed by atoms with E-state index in [1.807, 2.05) is 13.8 Å². The first-order chi connectivity index (χ1) is 11.5. The molecule has 0 fully saturated rings. The highest BCUT2D eigenvalue weighted by Gasteiger charge is 2.33. The van der Waals surface area contributed by atoms with Gasteiger partial charge in [-0.3, -0.25) is 9.59 Å². The molecule has 0 saturated carbocycles. The van der Waals surface area contributed by atoms with E-state index in [9.17, 15) is 18.0 Å². The number of hydrogen-bond acceptors (Lipinski definition) is 4. The molecule has 7 nitrogen and oxygen atoms in total.